The third kappa shape index (κ3) is 9.32. The molecule has 1 nitrogen and oxygen atoms in total. The molecule has 0 aliphatic heterocycles. The van der Waals surface area contributed by atoms with Gasteiger partial charge >= 0.3 is 0 Å². The van der Waals surface area contributed by atoms with E-state index in [1.54, 1.807) is 0 Å². The van der Waals surface area contributed by atoms with E-state index < -0.39 is 0 Å². The quantitative estimate of drug-likeness (QED) is 0.301. The van der Waals surface area contributed by atoms with Crippen molar-refractivity contribution in [1.82, 2.24) is 0 Å². The highest BCUT2D eigenvalue weighted by molar-refractivity contribution is 5.52. The van der Waals surface area contributed by atoms with Gasteiger partial charge in [-0.15, -0.1) is 6.58 Å². The average molecular weight is 182 g/mol. The van der Waals surface area contributed by atoms with Crippen LogP contribution in [0.5, 0.6) is 0 Å². The maximum absolute atomic E-state index is 10.3. The predicted molar refractivity (Wildman–Crippen MR) is 57.7 cm³/mol. The molecule has 0 bridgehead atoms. The Kier molecular flexibility index (Phi) is 9.07. The molecular formula is C12H22O. The van der Waals surface area contributed by atoms with Crippen molar-refractivity contribution in [3.63, 3.8) is 0 Å². The Morgan fingerprint density at radius 3 is 2.38 bits per heavy atom. The fourth-order valence-electron chi connectivity index (χ4n) is 1.35. The van der Waals surface area contributed by atoms with Gasteiger partial charge < -0.3 is 4.79 Å². The van der Waals surface area contributed by atoms with Crippen LogP contribution in [0.1, 0.15) is 51.9 Å². The Bertz CT molecular complexity index is 129. The van der Waals surface area contributed by atoms with Gasteiger partial charge in [-0.3, -0.25) is 0 Å². The van der Waals surface area contributed by atoms with Gasteiger partial charge in [-0.1, -0.05) is 38.7 Å². The summed E-state index contributed by atoms with van der Waals surface area (Å²) < 4.78 is 0. The lowest BCUT2D eigenvalue weighted by molar-refractivity contribution is -0.110. The second-order valence-corrected chi connectivity index (χ2v) is 3.75. The number of hydrogen-bond acceptors (Lipinski definition) is 1. The highest BCUT2D eigenvalue weighted by atomic mass is 16.1. The Morgan fingerprint density at radius 1 is 1.15 bits per heavy atom. The standard InChI is InChI=1S/C12H22O/c1-3-4-5-6-7-8-9-10-12(2)11-13/h3,11-12H,1,4-10H2,2H3. The molecule has 0 N–H and O–H groups in total. The molecule has 0 aromatic heterocycles. The molecule has 0 spiro atoms. The van der Waals surface area contributed by atoms with Crippen molar-refractivity contribution in [3.8, 4) is 0 Å². The largest absolute Gasteiger partial charge is 0.303 e. The monoisotopic (exact) mass is 182 g/mol. The van der Waals surface area contributed by atoms with Gasteiger partial charge in [0.15, 0.2) is 0 Å². The summed E-state index contributed by atoms with van der Waals surface area (Å²) in [6.45, 7) is 5.68. The Hall–Kier alpha value is -0.590. The second-order valence-electron chi connectivity index (χ2n) is 3.75. The minimum Gasteiger partial charge on any atom is -0.303 e. The van der Waals surface area contributed by atoms with E-state index in [0.717, 1.165) is 19.1 Å². The van der Waals surface area contributed by atoms with Crippen LogP contribution in [0, 0.1) is 5.92 Å². The summed E-state index contributed by atoms with van der Waals surface area (Å²) in [6.07, 6.45) is 11.6. The molecule has 0 rings (SSSR count). The highest BCUT2D eigenvalue weighted by Gasteiger charge is 1.98. The summed E-state index contributed by atoms with van der Waals surface area (Å²) in [6, 6.07) is 0. The van der Waals surface area contributed by atoms with Gasteiger partial charge in [0.2, 0.25) is 0 Å². The van der Waals surface area contributed by atoms with Crippen LogP contribution in [0.25, 0.3) is 0 Å². The predicted octanol–water partition coefficient (Wildman–Crippen LogP) is 3.74. The average Bonchev–Trinajstić information content (AvgIpc) is 2.16. The zero-order valence-corrected chi connectivity index (χ0v) is 8.80. The van der Waals surface area contributed by atoms with Gasteiger partial charge in [-0.25, -0.2) is 0 Å². The molecule has 0 fully saturated rings. The first-order valence-electron chi connectivity index (χ1n) is 5.37. The lowest BCUT2D eigenvalue weighted by Crippen LogP contribution is -1.94. The summed E-state index contributed by atoms with van der Waals surface area (Å²) >= 11 is 0. The van der Waals surface area contributed by atoms with Gasteiger partial charge in [-0.2, -0.15) is 0 Å². The topological polar surface area (TPSA) is 17.1 Å². The molecule has 1 unspecified atom stereocenters. The van der Waals surface area contributed by atoms with E-state index in [2.05, 4.69) is 6.58 Å². The first-order valence-corrected chi connectivity index (χ1v) is 5.37. The first kappa shape index (κ1) is 12.4. The van der Waals surface area contributed by atoms with Crippen molar-refractivity contribution in [2.75, 3.05) is 0 Å². The maximum Gasteiger partial charge on any atom is 0.122 e. The van der Waals surface area contributed by atoms with Crippen LogP contribution in [0.4, 0.5) is 0 Å². The van der Waals surface area contributed by atoms with Crippen molar-refractivity contribution in [1.29, 1.82) is 0 Å². The highest BCUT2D eigenvalue weighted by Crippen LogP contribution is 2.10. The molecule has 0 radical (unpaired) electrons. The third-order valence-corrected chi connectivity index (χ3v) is 2.30. The van der Waals surface area contributed by atoms with Crippen LogP contribution in [0.2, 0.25) is 0 Å². The molecular weight excluding hydrogens is 160 g/mol. The number of rotatable bonds is 9. The van der Waals surface area contributed by atoms with Crippen molar-refractivity contribution in [2.24, 2.45) is 5.92 Å². The summed E-state index contributed by atoms with van der Waals surface area (Å²) in [5.41, 5.74) is 0. The number of allylic oxidation sites excluding steroid dienone is 1. The number of unbranched alkanes of at least 4 members (excludes halogenated alkanes) is 5. The molecule has 13 heavy (non-hydrogen) atoms. The summed E-state index contributed by atoms with van der Waals surface area (Å²) in [7, 11) is 0. The maximum atomic E-state index is 10.3. The van der Waals surface area contributed by atoms with Crippen molar-refractivity contribution >= 4 is 6.29 Å². The molecule has 76 valence electrons. The van der Waals surface area contributed by atoms with Crippen molar-refractivity contribution < 1.29 is 4.79 Å². The van der Waals surface area contributed by atoms with Crippen molar-refractivity contribution in [2.45, 2.75) is 51.9 Å². The van der Waals surface area contributed by atoms with Crippen LogP contribution in [0.15, 0.2) is 12.7 Å². The molecule has 0 heterocycles. The lowest BCUT2D eigenvalue weighted by Gasteiger charge is -2.02. The SMILES string of the molecule is C=CCCCCCCCC(C)C=O. The summed E-state index contributed by atoms with van der Waals surface area (Å²) in [5, 5.41) is 0. The molecule has 0 saturated heterocycles. The number of aldehydes is 1. The van der Waals surface area contributed by atoms with E-state index in [0.29, 0.717) is 0 Å². The smallest absolute Gasteiger partial charge is 0.122 e. The fourth-order valence-corrected chi connectivity index (χ4v) is 1.35. The second kappa shape index (κ2) is 9.50. The van der Waals surface area contributed by atoms with Crippen molar-refractivity contribution in [3.05, 3.63) is 12.7 Å². The van der Waals surface area contributed by atoms with Gasteiger partial charge in [0.25, 0.3) is 0 Å². The normalized spacial score (nSPS) is 12.4. The van der Waals surface area contributed by atoms with Crippen LogP contribution >= 0.6 is 0 Å². The van der Waals surface area contributed by atoms with Crippen LogP contribution in [-0.4, -0.2) is 6.29 Å². The number of carbonyl (C=O) groups is 1. The first-order chi connectivity index (χ1) is 6.31. The van der Waals surface area contributed by atoms with E-state index >= 15 is 0 Å². The number of hydrogen-bond donors (Lipinski definition) is 0. The van der Waals surface area contributed by atoms with E-state index in [9.17, 15) is 4.79 Å². The minimum absolute atomic E-state index is 0.258. The Labute approximate surface area is 82.2 Å². The molecule has 0 aliphatic carbocycles. The molecule has 0 aliphatic rings. The lowest BCUT2D eigenvalue weighted by atomic mass is 10.0. The van der Waals surface area contributed by atoms with Gasteiger partial charge in [0.05, 0.1) is 0 Å². The zero-order valence-electron chi connectivity index (χ0n) is 8.80. The van der Waals surface area contributed by atoms with Gasteiger partial charge in [-0.05, 0) is 19.3 Å². The summed E-state index contributed by atoms with van der Waals surface area (Å²) in [4.78, 5) is 10.3. The third-order valence-electron chi connectivity index (χ3n) is 2.30. The molecule has 0 aromatic carbocycles. The molecule has 1 heteroatoms. The molecule has 0 amide bonds. The van der Waals surface area contributed by atoms with E-state index in [-0.39, 0.29) is 5.92 Å². The Morgan fingerprint density at radius 2 is 1.77 bits per heavy atom. The molecule has 1 atom stereocenters. The Balaban J connectivity index is 2.99. The van der Waals surface area contributed by atoms with Gasteiger partial charge in [0.1, 0.15) is 6.29 Å². The summed E-state index contributed by atoms with van der Waals surface area (Å²) in [5.74, 6) is 0.258. The van der Waals surface area contributed by atoms with Crippen LogP contribution < -0.4 is 0 Å². The molecule has 0 aromatic rings. The van der Waals surface area contributed by atoms with Gasteiger partial charge in [0, 0.05) is 5.92 Å². The van der Waals surface area contributed by atoms with Crippen LogP contribution in [0.3, 0.4) is 0 Å². The number of carbonyl (C=O) groups excluding carboxylic acids is 1. The molecule has 0 saturated carbocycles. The van der Waals surface area contributed by atoms with E-state index in [1.807, 2.05) is 13.0 Å². The minimum atomic E-state index is 0.258. The van der Waals surface area contributed by atoms with Crippen LogP contribution in [-0.2, 0) is 4.79 Å². The fraction of sp³-hybridized carbons (Fsp3) is 0.750. The van der Waals surface area contributed by atoms with E-state index in [4.69, 9.17) is 0 Å². The van der Waals surface area contributed by atoms with E-state index in [1.165, 1.54) is 32.1 Å². The zero-order chi connectivity index (χ0) is 9.94.